The van der Waals surface area contributed by atoms with Crippen molar-refractivity contribution in [2.24, 2.45) is 0 Å². The van der Waals surface area contributed by atoms with Gasteiger partial charge in [-0.3, -0.25) is 14.5 Å². The molecule has 0 unspecified atom stereocenters. The predicted octanol–water partition coefficient (Wildman–Crippen LogP) is 7.05. The average molecular weight is 426 g/mol. The van der Waals surface area contributed by atoms with Crippen molar-refractivity contribution >= 4 is 33.6 Å². The highest BCUT2D eigenvalue weighted by Gasteiger charge is 2.33. The van der Waals surface area contributed by atoms with Gasteiger partial charge in [0.1, 0.15) is 11.3 Å². The third-order valence-corrected chi connectivity index (χ3v) is 6.44. The van der Waals surface area contributed by atoms with Crippen molar-refractivity contribution in [1.29, 1.82) is 0 Å². The van der Waals surface area contributed by atoms with Gasteiger partial charge < -0.3 is 4.42 Å². The molecule has 3 aromatic carbocycles. The van der Waals surface area contributed by atoms with E-state index in [1.807, 2.05) is 43.3 Å². The lowest BCUT2D eigenvalue weighted by molar-refractivity contribution is 0.0608. The van der Waals surface area contributed by atoms with Gasteiger partial charge in [0.05, 0.1) is 0 Å². The second kappa shape index (κ2) is 7.94. The Morgan fingerprint density at radius 3 is 2.38 bits per heavy atom. The molecule has 4 heteroatoms. The van der Waals surface area contributed by atoms with E-state index in [4.69, 9.17) is 4.42 Å². The van der Waals surface area contributed by atoms with Crippen LogP contribution in [0.3, 0.4) is 0 Å². The summed E-state index contributed by atoms with van der Waals surface area (Å²) < 4.78 is 6.25. The van der Waals surface area contributed by atoms with E-state index in [1.165, 1.54) is 10.5 Å². The maximum Gasteiger partial charge on any atom is 0.261 e. The Hall–Kier alpha value is -3.40. The van der Waals surface area contributed by atoms with Crippen LogP contribution in [0.25, 0.3) is 33.1 Å². The second-order valence-electron chi connectivity index (χ2n) is 8.82. The number of imide groups is 1. The molecule has 0 radical (unpaired) electrons. The Bertz CT molecular complexity index is 1360. The summed E-state index contributed by atoms with van der Waals surface area (Å²) in [5.74, 6) is 0.356. The number of carbonyl (C=O) groups is 2. The monoisotopic (exact) mass is 425 g/mol. The summed E-state index contributed by atoms with van der Waals surface area (Å²) in [6, 6.07) is 15.8. The summed E-state index contributed by atoms with van der Waals surface area (Å²) in [5.41, 5.74) is 5.25. The first-order valence-electron chi connectivity index (χ1n) is 11.4. The largest absolute Gasteiger partial charge is 0.456 e. The Balaban J connectivity index is 1.61. The molecular weight excluding hydrogens is 398 g/mol. The molecule has 32 heavy (non-hydrogen) atoms. The molecule has 4 nitrogen and oxygen atoms in total. The van der Waals surface area contributed by atoms with Gasteiger partial charge >= 0.3 is 0 Å². The van der Waals surface area contributed by atoms with Gasteiger partial charge in [-0.25, -0.2) is 0 Å². The van der Waals surface area contributed by atoms with Crippen molar-refractivity contribution < 1.29 is 14.0 Å². The molecule has 0 aliphatic carbocycles. The molecule has 0 atom stereocenters. The summed E-state index contributed by atoms with van der Waals surface area (Å²) in [5, 5.41) is 2.67. The first-order chi connectivity index (χ1) is 15.5. The van der Waals surface area contributed by atoms with Gasteiger partial charge in [0, 0.05) is 34.0 Å². The van der Waals surface area contributed by atoms with Crippen molar-refractivity contribution in [3.05, 3.63) is 70.8 Å². The van der Waals surface area contributed by atoms with Crippen LogP contribution in [0.4, 0.5) is 0 Å². The number of amides is 2. The molecule has 0 saturated carbocycles. The smallest absolute Gasteiger partial charge is 0.261 e. The minimum atomic E-state index is -0.196. The van der Waals surface area contributed by atoms with E-state index in [0.29, 0.717) is 17.7 Å². The van der Waals surface area contributed by atoms with Crippen LogP contribution in [0, 0.1) is 13.8 Å². The van der Waals surface area contributed by atoms with Gasteiger partial charge in [0.15, 0.2) is 0 Å². The van der Waals surface area contributed by atoms with Crippen LogP contribution in [-0.2, 0) is 0 Å². The molecule has 1 aliphatic heterocycles. The van der Waals surface area contributed by atoms with Crippen LogP contribution < -0.4 is 0 Å². The van der Waals surface area contributed by atoms with Crippen molar-refractivity contribution in [2.75, 3.05) is 6.54 Å². The molecule has 0 N–H and O–H groups in total. The highest BCUT2D eigenvalue weighted by molar-refractivity contribution is 6.26. The van der Waals surface area contributed by atoms with Crippen LogP contribution in [0.5, 0.6) is 0 Å². The van der Waals surface area contributed by atoms with Crippen molar-refractivity contribution in [2.45, 2.75) is 46.5 Å². The highest BCUT2D eigenvalue weighted by atomic mass is 16.3. The number of fused-ring (bicyclic) bond motifs is 1. The first kappa shape index (κ1) is 20.5. The molecule has 162 valence electrons. The van der Waals surface area contributed by atoms with Crippen LogP contribution in [0.15, 0.2) is 52.9 Å². The fourth-order valence-electron chi connectivity index (χ4n) is 4.91. The number of furan rings is 1. The van der Waals surface area contributed by atoms with Gasteiger partial charge in [0.2, 0.25) is 0 Å². The number of carbonyl (C=O) groups excluding carboxylic acids is 2. The van der Waals surface area contributed by atoms with E-state index in [1.54, 1.807) is 0 Å². The fourth-order valence-corrected chi connectivity index (χ4v) is 4.91. The Labute approximate surface area is 187 Å². The number of unbranched alkanes of at least 4 members (excludes halogenated alkanes) is 3. The second-order valence-corrected chi connectivity index (χ2v) is 8.82. The van der Waals surface area contributed by atoms with Crippen molar-refractivity contribution in [3.63, 3.8) is 0 Å². The third-order valence-electron chi connectivity index (χ3n) is 6.44. The lowest BCUT2D eigenvalue weighted by Gasteiger charge is -2.27. The van der Waals surface area contributed by atoms with E-state index in [2.05, 4.69) is 26.0 Å². The van der Waals surface area contributed by atoms with E-state index in [-0.39, 0.29) is 11.8 Å². The van der Waals surface area contributed by atoms with Crippen molar-refractivity contribution in [3.8, 4) is 11.3 Å². The zero-order valence-corrected chi connectivity index (χ0v) is 18.8. The Morgan fingerprint density at radius 2 is 1.59 bits per heavy atom. The minimum Gasteiger partial charge on any atom is -0.456 e. The molecular formula is C28H27NO3. The van der Waals surface area contributed by atoms with E-state index in [0.717, 1.165) is 64.3 Å². The Morgan fingerprint density at radius 1 is 0.844 bits per heavy atom. The quantitative estimate of drug-likeness (QED) is 0.246. The summed E-state index contributed by atoms with van der Waals surface area (Å²) in [7, 11) is 0. The summed E-state index contributed by atoms with van der Waals surface area (Å²) in [6.07, 6.45) is 4.09. The number of hydrogen-bond acceptors (Lipinski definition) is 3. The van der Waals surface area contributed by atoms with Gasteiger partial charge in [0.25, 0.3) is 11.8 Å². The zero-order chi connectivity index (χ0) is 22.4. The fraction of sp³-hybridized carbons (Fsp3) is 0.286. The van der Waals surface area contributed by atoms with Gasteiger partial charge in [-0.1, -0.05) is 49.9 Å². The minimum absolute atomic E-state index is 0.196. The van der Waals surface area contributed by atoms with Gasteiger partial charge in [-0.15, -0.1) is 0 Å². The summed E-state index contributed by atoms with van der Waals surface area (Å²) >= 11 is 0. The molecule has 0 saturated heterocycles. The number of hydrogen-bond donors (Lipinski definition) is 0. The number of benzene rings is 3. The number of rotatable bonds is 6. The third kappa shape index (κ3) is 3.22. The normalized spacial score (nSPS) is 13.5. The average Bonchev–Trinajstić information content (AvgIpc) is 3.20. The van der Waals surface area contributed by atoms with Crippen LogP contribution >= 0.6 is 0 Å². The standard InChI is InChI=1S/C28H27NO3/c1-4-5-6-7-13-29-27(30)22-10-8-9-21-20(11-12-23(25(21)22)28(29)31)24-16-19-15-17(2)14-18(3)26(19)32-24/h8-12,14-16H,4-7,13H2,1-3H3. The van der Waals surface area contributed by atoms with E-state index >= 15 is 0 Å². The van der Waals surface area contributed by atoms with Crippen LogP contribution in [-0.4, -0.2) is 23.3 Å². The van der Waals surface area contributed by atoms with Crippen molar-refractivity contribution in [1.82, 2.24) is 4.90 Å². The van der Waals surface area contributed by atoms with Gasteiger partial charge in [-0.2, -0.15) is 0 Å². The molecule has 1 aromatic heterocycles. The molecule has 2 heterocycles. The maximum atomic E-state index is 13.2. The SMILES string of the molecule is CCCCCCN1C(=O)c2cccc3c(-c4cc5cc(C)cc(C)c5o4)ccc(c23)C1=O. The topological polar surface area (TPSA) is 50.5 Å². The predicted molar refractivity (Wildman–Crippen MR) is 128 cm³/mol. The molecule has 0 fully saturated rings. The Kier molecular flexibility index (Phi) is 5.09. The highest BCUT2D eigenvalue weighted by Crippen LogP contribution is 2.39. The molecule has 5 rings (SSSR count). The maximum absolute atomic E-state index is 13.2. The lowest BCUT2D eigenvalue weighted by Crippen LogP contribution is -2.40. The lowest BCUT2D eigenvalue weighted by atomic mass is 9.90. The summed E-state index contributed by atoms with van der Waals surface area (Å²) in [6.45, 7) is 6.74. The number of aryl methyl sites for hydroxylation is 2. The molecule has 1 aliphatic rings. The van der Waals surface area contributed by atoms with E-state index < -0.39 is 0 Å². The summed E-state index contributed by atoms with van der Waals surface area (Å²) in [4.78, 5) is 27.9. The van der Waals surface area contributed by atoms with Crippen LogP contribution in [0.2, 0.25) is 0 Å². The number of nitrogens with zero attached hydrogens (tertiary/aromatic N) is 1. The zero-order valence-electron chi connectivity index (χ0n) is 18.8. The van der Waals surface area contributed by atoms with Crippen LogP contribution in [0.1, 0.15) is 64.4 Å². The molecule has 0 spiro atoms. The van der Waals surface area contributed by atoms with E-state index in [9.17, 15) is 9.59 Å². The molecule has 4 aromatic rings. The molecule has 0 bridgehead atoms. The molecule has 2 amide bonds. The van der Waals surface area contributed by atoms with Gasteiger partial charge in [-0.05, 0) is 61.5 Å². The first-order valence-corrected chi connectivity index (χ1v) is 11.4.